The van der Waals surface area contributed by atoms with Crippen LogP contribution in [0.15, 0.2) is 42.5 Å². The summed E-state index contributed by atoms with van der Waals surface area (Å²) in [6.45, 7) is 3.71. The Balaban J connectivity index is 1.60. The van der Waals surface area contributed by atoms with Gasteiger partial charge >= 0.3 is 5.97 Å². The van der Waals surface area contributed by atoms with Crippen molar-refractivity contribution in [2.75, 3.05) is 5.32 Å². The molecule has 0 aliphatic heterocycles. The molecule has 1 aliphatic carbocycles. The van der Waals surface area contributed by atoms with E-state index < -0.39 is 18.0 Å². The van der Waals surface area contributed by atoms with E-state index in [1.54, 1.807) is 18.2 Å². The van der Waals surface area contributed by atoms with Crippen LogP contribution in [0.4, 0.5) is 5.69 Å². The number of halogens is 2. The minimum absolute atomic E-state index is 0.399. The van der Waals surface area contributed by atoms with Gasteiger partial charge in [-0.2, -0.15) is 0 Å². The largest absolute Gasteiger partial charge is 0.449 e. The van der Waals surface area contributed by atoms with Crippen LogP contribution in [0.5, 0.6) is 0 Å². The van der Waals surface area contributed by atoms with Gasteiger partial charge in [0.1, 0.15) is 0 Å². The van der Waals surface area contributed by atoms with E-state index in [4.69, 9.17) is 32.9 Å². The molecule has 31 heavy (non-hydrogen) atoms. The van der Waals surface area contributed by atoms with Crippen LogP contribution in [0.3, 0.4) is 0 Å². The number of rotatable bonds is 4. The molecule has 2 aromatic carbocycles. The van der Waals surface area contributed by atoms with Crippen molar-refractivity contribution >= 4 is 51.7 Å². The van der Waals surface area contributed by atoms with Gasteiger partial charge < -0.3 is 10.1 Å². The molecule has 0 bridgehead atoms. The lowest BCUT2D eigenvalue weighted by molar-refractivity contribution is -0.123. The maximum Gasteiger partial charge on any atom is 0.339 e. The highest BCUT2D eigenvalue weighted by Crippen LogP contribution is 2.32. The minimum atomic E-state index is -1.01. The second kappa shape index (κ2) is 8.85. The molecule has 2 atom stereocenters. The third kappa shape index (κ3) is 4.68. The third-order valence-electron chi connectivity index (χ3n) is 5.49. The molecule has 1 aliphatic rings. The van der Waals surface area contributed by atoms with E-state index in [0.717, 1.165) is 41.4 Å². The van der Waals surface area contributed by atoms with Gasteiger partial charge in [0.25, 0.3) is 5.91 Å². The van der Waals surface area contributed by atoms with Crippen molar-refractivity contribution in [2.24, 2.45) is 5.92 Å². The van der Waals surface area contributed by atoms with Crippen molar-refractivity contribution in [3.8, 4) is 0 Å². The Morgan fingerprint density at radius 2 is 1.87 bits per heavy atom. The zero-order chi connectivity index (χ0) is 22.1. The maximum absolute atomic E-state index is 13.2. The number of nitrogens with one attached hydrogen (secondary N) is 1. The van der Waals surface area contributed by atoms with Gasteiger partial charge in [-0.25, -0.2) is 4.79 Å². The minimum Gasteiger partial charge on any atom is -0.449 e. The summed E-state index contributed by atoms with van der Waals surface area (Å²) in [5.74, 6) is -0.529. The van der Waals surface area contributed by atoms with Crippen LogP contribution in [0.25, 0.3) is 10.9 Å². The van der Waals surface area contributed by atoms with Crippen molar-refractivity contribution < 1.29 is 14.3 Å². The van der Waals surface area contributed by atoms with Crippen molar-refractivity contribution in [2.45, 2.75) is 39.2 Å². The molecule has 0 fully saturated rings. The summed E-state index contributed by atoms with van der Waals surface area (Å²) in [7, 11) is 0. The first-order valence-electron chi connectivity index (χ1n) is 10.2. The number of esters is 1. The van der Waals surface area contributed by atoms with Crippen molar-refractivity contribution in [1.82, 2.24) is 4.98 Å². The summed E-state index contributed by atoms with van der Waals surface area (Å²) in [4.78, 5) is 30.6. The molecule has 0 saturated heterocycles. The van der Waals surface area contributed by atoms with E-state index in [1.807, 2.05) is 24.3 Å². The number of aryl methyl sites for hydroxylation is 1. The number of aromatic nitrogens is 1. The van der Waals surface area contributed by atoms with Gasteiger partial charge in [-0.05, 0) is 61.9 Å². The van der Waals surface area contributed by atoms with E-state index in [1.165, 1.54) is 6.92 Å². The Morgan fingerprint density at radius 3 is 2.61 bits per heavy atom. The average Bonchev–Trinajstić information content (AvgIpc) is 2.71. The number of carbonyl (C=O) groups excluding carboxylic acids is 2. The lowest BCUT2D eigenvalue weighted by Crippen LogP contribution is -2.31. The number of carbonyl (C=O) groups is 2. The van der Waals surface area contributed by atoms with Gasteiger partial charge in [0, 0.05) is 26.8 Å². The predicted molar refractivity (Wildman–Crippen MR) is 123 cm³/mol. The number of hydrogen-bond acceptors (Lipinski definition) is 4. The highest BCUT2D eigenvalue weighted by molar-refractivity contribution is 6.35. The number of hydrogen-bond donors (Lipinski definition) is 1. The Bertz CT molecular complexity index is 1160. The van der Waals surface area contributed by atoms with Gasteiger partial charge in [0.15, 0.2) is 6.10 Å². The molecule has 1 heterocycles. The smallest absolute Gasteiger partial charge is 0.339 e. The molecule has 5 nitrogen and oxygen atoms in total. The van der Waals surface area contributed by atoms with Crippen molar-refractivity contribution in [1.29, 1.82) is 0 Å². The highest BCUT2D eigenvalue weighted by atomic mass is 35.5. The standard InChI is InChI=1S/C24H22Cl2N2O3/c1-13-7-8-21-19(9-13)22(18-5-3-4-6-20(18)28-21)24(30)31-14(2)23(29)27-17-11-15(25)10-16(26)12-17/h3-6,10-14H,7-9H2,1-2H3,(H,27,29). The van der Waals surface area contributed by atoms with E-state index in [9.17, 15) is 9.59 Å². The molecule has 1 aromatic heterocycles. The molecular weight excluding hydrogens is 435 g/mol. The zero-order valence-electron chi connectivity index (χ0n) is 17.2. The van der Waals surface area contributed by atoms with Crippen LogP contribution in [0.2, 0.25) is 10.0 Å². The fraction of sp³-hybridized carbons (Fsp3) is 0.292. The van der Waals surface area contributed by atoms with Gasteiger partial charge in [-0.1, -0.05) is 48.3 Å². The number of fused-ring (bicyclic) bond motifs is 2. The van der Waals surface area contributed by atoms with Crippen LogP contribution in [-0.4, -0.2) is 23.0 Å². The SMILES string of the molecule is CC1CCc2nc3ccccc3c(C(=O)OC(C)C(=O)Nc3cc(Cl)cc(Cl)c3)c2C1. The summed E-state index contributed by atoms with van der Waals surface area (Å²) in [6, 6.07) is 12.3. The van der Waals surface area contributed by atoms with Crippen LogP contribution in [-0.2, 0) is 22.4 Å². The molecule has 0 radical (unpaired) electrons. The molecule has 160 valence electrons. The van der Waals surface area contributed by atoms with E-state index in [0.29, 0.717) is 27.2 Å². The van der Waals surface area contributed by atoms with Gasteiger partial charge in [-0.15, -0.1) is 0 Å². The first-order chi connectivity index (χ1) is 14.8. The number of anilines is 1. The Hall–Kier alpha value is -2.63. The lowest BCUT2D eigenvalue weighted by Gasteiger charge is -2.24. The van der Waals surface area contributed by atoms with Crippen LogP contribution >= 0.6 is 23.2 Å². The molecule has 3 aromatic rings. The second-order valence-corrected chi connectivity index (χ2v) is 8.84. The fourth-order valence-electron chi connectivity index (χ4n) is 3.94. The molecule has 1 N–H and O–H groups in total. The Kier molecular flexibility index (Phi) is 6.17. The molecule has 1 amide bonds. The molecular formula is C24H22Cl2N2O3. The first kappa shape index (κ1) is 21.6. The average molecular weight is 457 g/mol. The predicted octanol–water partition coefficient (Wildman–Crippen LogP) is 5.85. The van der Waals surface area contributed by atoms with Crippen LogP contribution < -0.4 is 5.32 Å². The Labute approximate surface area is 190 Å². The van der Waals surface area contributed by atoms with Crippen molar-refractivity contribution in [3.63, 3.8) is 0 Å². The lowest BCUT2D eigenvalue weighted by atomic mass is 9.84. The molecule has 0 saturated carbocycles. The zero-order valence-corrected chi connectivity index (χ0v) is 18.8. The van der Waals surface area contributed by atoms with Gasteiger partial charge in [0.2, 0.25) is 0 Å². The number of benzene rings is 2. The first-order valence-corrected chi connectivity index (χ1v) is 11.0. The van der Waals surface area contributed by atoms with Crippen LogP contribution in [0, 0.1) is 5.92 Å². The Morgan fingerprint density at radius 1 is 1.16 bits per heavy atom. The van der Waals surface area contributed by atoms with E-state index in [-0.39, 0.29) is 0 Å². The monoisotopic (exact) mass is 456 g/mol. The summed E-state index contributed by atoms with van der Waals surface area (Å²) in [6.07, 6.45) is 1.62. The van der Waals surface area contributed by atoms with E-state index >= 15 is 0 Å². The normalized spacial score (nSPS) is 16.5. The molecule has 2 unspecified atom stereocenters. The number of nitrogens with zero attached hydrogens (tertiary/aromatic N) is 1. The molecule has 7 heteroatoms. The highest BCUT2D eigenvalue weighted by Gasteiger charge is 2.28. The van der Waals surface area contributed by atoms with Gasteiger partial charge in [0.05, 0.1) is 11.1 Å². The third-order valence-corrected chi connectivity index (χ3v) is 5.93. The topological polar surface area (TPSA) is 68.3 Å². The molecule has 0 spiro atoms. The summed E-state index contributed by atoms with van der Waals surface area (Å²) < 4.78 is 5.60. The number of para-hydroxylation sites is 1. The van der Waals surface area contributed by atoms with Crippen molar-refractivity contribution in [3.05, 3.63) is 69.3 Å². The van der Waals surface area contributed by atoms with Crippen LogP contribution in [0.1, 0.15) is 41.9 Å². The number of pyridine rings is 1. The van der Waals surface area contributed by atoms with Gasteiger partial charge in [-0.3, -0.25) is 9.78 Å². The molecule has 4 rings (SSSR count). The summed E-state index contributed by atoms with van der Waals surface area (Å²) >= 11 is 12.0. The quantitative estimate of drug-likeness (QED) is 0.499. The summed E-state index contributed by atoms with van der Waals surface area (Å²) in [5, 5.41) is 4.23. The van der Waals surface area contributed by atoms with E-state index in [2.05, 4.69) is 12.2 Å². The number of amides is 1. The fourth-order valence-corrected chi connectivity index (χ4v) is 4.46. The maximum atomic E-state index is 13.2. The second-order valence-electron chi connectivity index (χ2n) is 7.97. The number of ether oxygens (including phenoxy) is 1. The summed E-state index contributed by atoms with van der Waals surface area (Å²) in [5.41, 5.74) is 3.57.